The van der Waals surface area contributed by atoms with Crippen molar-refractivity contribution in [2.45, 2.75) is 142 Å². The summed E-state index contributed by atoms with van der Waals surface area (Å²) in [5.74, 6) is 3.08. The number of aliphatic hydroxyl groups is 1. The zero-order chi connectivity index (χ0) is 47.9. The highest BCUT2D eigenvalue weighted by Gasteiger charge is 2.52. The van der Waals surface area contributed by atoms with Crippen LogP contribution in [0.4, 0.5) is 0 Å². The maximum absolute atomic E-state index is 14.4. The van der Waals surface area contributed by atoms with E-state index < -0.39 is 34.1 Å². The fraction of sp³-hybridized carbons (Fsp3) is 0.608. The molecule has 354 valence electrons. The predicted octanol–water partition coefficient (Wildman–Crippen LogP) is 13.3. The Bertz CT molecular complexity index is 1840. The van der Waals surface area contributed by atoms with Crippen LogP contribution in [0.15, 0.2) is 49.1 Å². The third-order valence-electron chi connectivity index (χ3n) is 14.0. The summed E-state index contributed by atoms with van der Waals surface area (Å²) < 4.78 is 57.5. The fourth-order valence-electron chi connectivity index (χ4n) is 11.0. The van der Waals surface area contributed by atoms with E-state index in [2.05, 4.69) is 96.6 Å². The normalized spacial score (nSPS) is 14.0. The summed E-state index contributed by atoms with van der Waals surface area (Å²) in [5.41, 5.74) is 1.49. The molecular weight excluding hydrogens is 829 g/mol. The first-order chi connectivity index (χ1) is 29.5. The van der Waals surface area contributed by atoms with Crippen molar-refractivity contribution in [3.63, 3.8) is 0 Å². The monoisotopic (exact) mass is 911 g/mol. The van der Waals surface area contributed by atoms with Gasteiger partial charge >= 0.3 is 0 Å². The minimum atomic E-state index is -2.48. The van der Waals surface area contributed by atoms with Gasteiger partial charge in [0.05, 0.1) is 49.8 Å². The number of allylic oxidation sites excluding steroid dienone is 1. The van der Waals surface area contributed by atoms with E-state index in [0.29, 0.717) is 96.1 Å². The number of rotatable bonds is 24. The van der Waals surface area contributed by atoms with Crippen molar-refractivity contribution >= 4 is 16.6 Å². The molecule has 3 aromatic rings. The molecule has 0 amide bonds. The molecule has 63 heavy (non-hydrogen) atoms. The molecule has 0 spiro atoms. The van der Waals surface area contributed by atoms with Crippen molar-refractivity contribution in [2.75, 3.05) is 49.8 Å². The molecule has 3 rings (SSSR count). The van der Waals surface area contributed by atoms with Crippen molar-refractivity contribution in [1.29, 1.82) is 0 Å². The summed E-state index contributed by atoms with van der Waals surface area (Å²) in [6.07, 6.45) is 1.89. The van der Waals surface area contributed by atoms with Gasteiger partial charge in [0, 0.05) is 40.8 Å². The van der Waals surface area contributed by atoms with Gasteiger partial charge in [0.15, 0.2) is 23.0 Å². The SMILES string of the molecule is C=C[C@H](C)[C@H](c1cc(OC)cc(OC)c1OC)[C@@H](C)C(O)(c1cc(OC)c(O[Si](C(C)C)(C(C)C)C(C)C)cc1OC)c1cc(OC)c(O[Si](C(C)C)(C(C)C)C(C)C)cc1OC. The fourth-order valence-corrected chi connectivity index (χ4v) is 21.5. The minimum Gasteiger partial charge on any atom is -0.540 e. The molecule has 10 nitrogen and oxygen atoms in total. The molecule has 0 heterocycles. The molecule has 0 aliphatic rings. The standard InChI is InChI=1S/C51H82O10Si2/c1-23-36(14)49(39-24-38(53-16)25-48(58-21)50(39)59-22)37(15)51(52,40-26-44(56-19)46(28-42(40)54-17)60-62(30(2)3,31(4)5)32(6)7)41-27-45(57-20)47(29-43(41)55-18)61-63(33(8)9,34(10)11)35(12)13/h23-37,49,52H,1H2,2-22H3/t36-,37+,49-/m0/s1. The van der Waals surface area contributed by atoms with E-state index in [0.717, 1.165) is 5.56 Å². The van der Waals surface area contributed by atoms with Crippen LogP contribution in [0.2, 0.25) is 33.2 Å². The van der Waals surface area contributed by atoms with Gasteiger partial charge in [-0.25, -0.2) is 0 Å². The van der Waals surface area contributed by atoms with Crippen molar-refractivity contribution in [2.24, 2.45) is 11.8 Å². The van der Waals surface area contributed by atoms with E-state index in [9.17, 15) is 5.11 Å². The lowest BCUT2D eigenvalue weighted by Crippen LogP contribution is -2.50. The third kappa shape index (κ3) is 9.83. The Morgan fingerprint density at radius 2 is 0.825 bits per heavy atom. The van der Waals surface area contributed by atoms with E-state index in [1.807, 2.05) is 43.3 Å². The molecule has 0 saturated carbocycles. The first kappa shape index (κ1) is 53.3. The molecule has 0 aliphatic heterocycles. The van der Waals surface area contributed by atoms with Gasteiger partial charge in [0.2, 0.25) is 0 Å². The summed E-state index contributed by atoms with van der Waals surface area (Å²) in [7, 11) is 6.34. The quantitative estimate of drug-likeness (QED) is 0.0690. The molecule has 0 fully saturated rings. The van der Waals surface area contributed by atoms with Crippen LogP contribution in [0.25, 0.3) is 0 Å². The van der Waals surface area contributed by atoms with Crippen molar-refractivity contribution in [3.05, 3.63) is 65.7 Å². The molecule has 0 unspecified atom stereocenters. The Labute approximate surface area is 383 Å². The van der Waals surface area contributed by atoms with Crippen LogP contribution in [0.3, 0.4) is 0 Å². The van der Waals surface area contributed by atoms with Crippen molar-refractivity contribution in [1.82, 2.24) is 0 Å². The molecule has 3 atom stereocenters. The zero-order valence-electron chi connectivity index (χ0n) is 42.6. The summed E-state index contributed by atoms with van der Waals surface area (Å²) >= 11 is 0. The summed E-state index contributed by atoms with van der Waals surface area (Å²) in [6.45, 7) is 35.3. The highest BCUT2D eigenvalue weighted by atomic mass is 28.4. The van der Waals surface area contributed by atoms with Gasteiger partial charge in [-0.05, 0) is 63.3 Å². The number of hydrogen-bond donors (Lipinski definition) is 1. The van der Waals surface area contributed by atoms with Crippen molar-refractivity contribution in [3.8, 4) is 51.7 Å². The second-order valence-electron chi connectivity index (χ2n) is 18.9. The Balaban J connectivity index is 2.69. The van der Waals surface area contributed by atoms with Crippen LogP contribution in [0.1, 0.15) is 120 Å². The second-order valence-corrected chi connectivity index (χ2v) is 29.6. The Morgan fingerprint density at radius 1 is 0.460 bits per heavy atom. The van der Waals surface area contributed by atoms with Crippen molar-refractivity contribution < 1.29 is 47.1 Å². The van der Waals surface area contributed by atoms with Gasteiger partial charge in [-0.15, -0.1) is 6.58 Å². The second kappa shape index (κ2) is 21.8. The number of benzene rings is 3. The summed E-state index contributed by atoms with van der Waals surface area (Å²) in [4.78, 5) is 0. The molecule has 0 aliphatic carbocycles. The largest absolute Gasteiger partial charge is 0.540 e. The smallest absolute Gasteiger partial charge is 0.258 e. The van der Waals surface area contributed by atoms with Crippen LogP contribution in [0.5, 0.6) is 51.7 Å². The highest BCUT2D eigenvalue weighted by molar-refractivity contribution is 6.78. The average Bonchev–Trinajstić information content (AvgIpc) is 3.24. The molecule has 3 aromatic carbocycles. The topological polar surface area (TPSA) is 103 Å². The van der Waals surface area contributed by atoms with E-state index in [1.54, 1.807) is 55.8 Å². The van der Waals surface area contributed by atoms with Crippen LogP contribution < -0.4 is 42.0 Å². The molecule has 0 bridgehead atoms. The lowest BCUT2D eigenvalue weighted by molar-refractivity contribution is 0.00160. The zero-order valence-corrected chi connectivity index (χ0v) is 44.6. The molecule has 1 N–H and O–H groups in total. The van der Waals surface area contributed by atoms with E-state index in [1.165, 1.54) is 0 Å². The summed E-state index contributed by atoms with van der Waals surface area (Å²) in [6, 6.07) is 11.2. The molecule has 0 radical (unpaired) electrons. The van der Waals surface area contributed by atoms with Gasteiger partial charge in [0.25, 0.3) is 16.6 Å². The van der Waals surface area contributed by atoms with Gasteiger partial charge in [-0.3, -0.25) is 0 Å². The maximum Gasteiger partial charge on any atom is 0.258 e. The van der Waals surface area contributed by atoms with Crippen LogP contribution in [-0.4, -0.2) is 71.5 Å². The molecule has 0 aromatic heterocycles. The summed E-state index contributed by atoms with van der Waals surface area (Å²) in [5, 5.41) is 14.4. The molecular formula is C51H82O10Si2. The molecule has 12 heteroatoms. The first-order valence-electron chi connectivity index (χ1n) is 22.6. The minimum absolute atomic E-state index is 0.229. The number of hydrogen-bond acceptors (Lipinski definition) is 10. The van der Waals surface area contributed by atoms with E-state index >= 15 is 0 Å². The van der Waals surface area contributed by atoms with Gasteiger partial charge in [-0.2, -0.15) is 0 Å². The Hall–Kier alpha value is -4.01. The predicted molar refractivity (Wildman–Crippen MR) is 263 cm³/mol. The Kier molecular flexibility index (Phi) is 18.4. The van der Waals surface area contributed by atoms with E-state index in [-0.39, 0.29) is 5.92 Å². The number of methoxy groups -OCH3 is 7. The van der Waals surface area contributed by atoms with Gasteiger partial charge in [0.1, 0.15) is 34.3 Å². The number of ether oxygens (including phenoxy) is 7. The van der Waals surface area contributed by atoms with E-state index in [4.69, 9.17) is 42.0 Å². The van der Waals surface area contributed by atoms with Crippen LogP contribution >= 0.6 is 0 Å². The molecule has 0 saturated heterocycles. The lowest BCUT2D eigenvalue weighted by Gasteiger charge is -2.44. The van der Waals surface area contributed by atoms with Crippen LogP contribution in [0, 0.1) is 11.8 Å². The average molecular weight is 911 g/mol. The van der Waals surface area contributed by atoms with Crippen LogP contribution in [-0.2, 0) is 5.60 Å². The highest BCUT2D eigenvalue weighted by Crippen LogP contribution is 2.58. The first-order valence-corrected chi connectivity index (χ1v) is 26.9. The lowest BCUT2D eigenvalue weighted by atomic mass is 9.65. The third-order valence-corrected chi connectivity index (χ3v) is 26.0. The maximum atomic E-state index is 14.4. The van der Waals surface area contributed by atoms with Gasteiger partial charge in [-0.1, -0.05) is 103 Å². The Morgan fingerprint density at radius 3 is 1.11 bits per heavy atom. The van der Waals surface area contributed by atoms with Gasteiger partial charge < -0.3 is 47.1 Å².